The van der Waals surface area contributed by atoms with Crippen LogP contribution in [-0.4, -0.2) is 11.0 Å². The molecule has 130 valence electrons. The summed E-state index contributed by atoms with van der Waals surface area (Å²) in [6, 6.07) is 21.8. The molecule has 0 aromatic heterocycles. The Hall–Kier alpha value is -2.32. The molecule has 3 aromatic rings. The van der Waals surface area contributed by atoms with Gasteiger partial charge in [-0.3, -0.25) is 10.1 Å². The molecule has 0 aliphatic heterocycles. The van der Waals surface area contributed by atoms with Crippen LogP contribution in [0.1, 0.15) is 10.4 Å². The van der Waals surface area contributed by atoms with Crippen molar-refractivity contribution in [1.29, 1.82) is 0 Å². The molecule has 0 heterocycles. The lowest BCUT2D eigenvalue weighted by atomic mass is 10.0. The number of carbonyl (C=O) groups is 1. The topological polar surface area (TPSA) is 41.1 Å². The average molecular weight is 476 g/mol. The fraction of sp³-hybridized carbons (Fsp3) is 0. The van der Waals surface area contributed by atoms with Gasteiger partial charge < -0.3 is 5.32 Å². The lowest BCUT2D eigenvalue weighted by Gasteiger charge is -2.11. The van der Waals surface area contributed by atoms with Crippen LogP contribution in [0.2, 0.25) is 0 Å². The van der Waals surface area contributed by atoms with Crippen molar-refractivity contribution < 1.29 is 9.18 Å². The Kier molecular flexibility index (Phi) is 5.95. The fourth-order valence-corrected chi connectivity index (χ4v) is 3.02. The first-order valence-corrected chi connectivity index (χ1v) is 9.24. The second-order valence-corrected chi connectivity index (χ2v) is 7.13. The van der Waals surface area contributed by atoms with Crippen molar-refractivity contribution in [2.45, 2.75) is 0 Å². The van der Waals surface area contributed by atoms with E-state index in [1.165, 1.54) is 6.07 Å². The van der Waals surface area contributed by atoms with E-state index in [4.69, 9.17) is 12.2 Å². The third-order valence-electron chi connectivity index (χ3n) is 3.66. The van der Waals surface area contributed by atoms with E-state index in [-0.39, 0.29) is 16.7 Å². The highest BCUT2D eigenvalue weighted by Gasteiger charge is 2.10. The molecule has 0 saturated heterocycles. The molecule has 0 fully saturated rings. The van der Waals surface area contributed by atoms with Crippen molar-refractivity contribution in [2.75, 3.05) is 5.32 Å². The Bertz CT molecular complexity index is 946. The second kappa shape index (κ2) is 8.37. The summed E-state index contributed by atoms with van der Waals surface area (Å²) in [6.45, 7) is 0. The maximum absolute atomic E-state index is 13.8. The van der Waals surface area contributed by atoms with Gasteiger partial charge in [-0.1, -0.05) is 42.5 Å². The van der Waals surface area contributed by atoms with E-state index in [1.54, 1.807) is 24.3 Å². The zero-order valence-corrected chi connectivity index (χ0v) is 16.5. The Morgan fingerprint density at radius 1 is 0.923 bits per heavy atom. The van der Waals surface area contributed by atoms with Crippen molar-refractivity contribution in [3.8, 4) is 11.1 Å². The zero-order valence-electron chi connectivity index (χ0n) is 13.5. The van der Waals surface area contributed by atoms with Gasteiger partial charge in [0.05, 0.1) is 5.69 Å². The maximum atomic E-state index is 13.8. The molecule has 0 bridgehead atoms. The van der Waals surface area contributed by atoms with Gasteiger partial charge in [-0.05, 0) is 76.3 Å². The number of carbonyl (C=O) groups excluding carboxylic acids is 1. The summed E-state index contributed by atoms with van der Waals surface area (Å²) in [7, 11) is 0. The largest absolute Gasteiger partial charge is 0.330 e. The van der Waals surface area contributed by atoms with Crippen LogP contribution in [0.4, 0.5) is 10.1 Å². The van der Waals surface area contributed by atoms with Crippen molar-refractivity contribution in [2.24, 2.45) is 0 Å². The molecule has 3 rings (SSSR count). The van der Waals surface area contributed by atoms with Crippen LogP contribution in [0.25, 0.3) is 11.1 Å². The first-order chi connectivity index (χ1) is 12.5. The third-order valence-corrected chi connectivity index (χ3v) is 4.54. The summed E-state index contributed by atoms with van der Waals surface area (Å²) in [5, 5.41) is 5.30. The van der Waals surface area contributed by atoms with Crippen molar-refractivity contribution in [1.82, 2.24) is 5.32 Å². The predicted molar refractivity (Wildman–Crippen MR) is 115 cm³/mol. The summed E-state index contributed by atoms with van der Waals surface area (Å²) >= 11 is 7.12. The summed E-state index contributed by atoms with van der Waals surface area (Å²) < 4.78 is 14.6. The first kappa shape index (κ1) is 18.5. The van der Waals surface area contributed by atoms with Gasteiger partial charge in [0.2, 0.25) is 0 Å². The van der Waals surface area contributed by atoms with Gasteiger partial charge in [0.25, 0.3) is 5.91 Å². The van der Waals surface area contributed by atoms with Crippen LogP contribution in [0.3, 0.4) is 0 Å². The molecular formula is C20H14FIN2OS. The highest BCUT2D eigenvalue weighted by Crippen LogP contribution is 2.19. The Balaban J connectivity index is 1.65. The SMILES string of the molecule is O=C(NC(=S)Nc1ccc(I)cc1F)c1ccc(-c2ccccc2)cc1. The zero-order chi connectivity index (χ0) is 18.5. The van der Waals surface area contributed by atoms with Gasteiger partial charge in [-0.2, -0.15) is 0 Å². The number of nitrogens with one attached hydrogen (secondary N) is 2. The molecule has 26 heavy (non-hydrogen) atoms. The predicted octanol–water partition coefficient (Wildman–Crippen LogP) is 5.22. The van der Waals surface area contributed by atoms with Gasteiger partial charge in [-0.25, -0.2) is 4.39 Å². The molecule has 2 N–H and O–H groups in total. The van der Waals surface area contributed by atoms with Crippen molar-refractivity contribution in [3.05, 3.63) is 87.7 Å². The molecule has 0 aliphatic rings. The maximum Gasteiger partial charge on any atom is 0.257 e. The van der Waals surface area contributed by atoms with E-state index < -0.39 is 5.82 Å². The van der Waals surface area contributed by atoms with Gasteiger partial charge in [0.1, 0.15) is 5.82 Å². The van der Waals surface area contributed by atoms with E-state index >= 15 is 0 Å². The number of hydrogen-bond acceptors (Lipinski definition) is 2. The quantitative estimate of drug-likeness (QED) is 0.402. The minimum atomic E-state index is -0.430. The number of amides is 1. The van der Waals surface area contributed by atoms with Gasteiger partial charge in [-0.15, -0.1) is 0 Å². The molecule has 0 unspecified atom stereocenters. The summed E-state index contributed by atoms with van der Waals surface area (Å²) in [5.41, 5.74) is 2.78. The van der Waals surface area contributed by atoms with Crippen LogP contribution < -0.4 is 10.6 Å². The molecule has 1 amide bonds. The molecule has 0 aliphatic carbocycles. The van der Waals surface area contributed by atoms with E-state index in [0.29, 0.717) is 5.56 Å². The number of hydrogen-bond donors (Lipinski definition) is 2. The monoisotopic (exact) mass is 476 g/mol. The van der Waals surface area contributed by atoms with Crippen LogP contribution in [0.5, 0.6) is 0 Å². The summed E-state index contributed by atoms with van der Waals surface area (Å²) in [6.07, 6.45) is 0. The highest BCUT2D eigenvalue weighted by atomic mass is 127. The number of thiocarbonyl (C=S) groups is 1. The molecule has 3 nitrogen and oxygen atoms in total. The average Bonchev–Trinajstić information content (AvgIpc) is 2.65. The van der Waals surface area contributed by atoms with E-state index in [0.717, 1.165) is 14.7 Å². The molecule has 0 atom stereocenters. The molecule has 0 radical (unpaired) electrons. The van der Waals surface area contributed by atoms with E-state index in [9.17, 15) is 9.18 Å². The second-order valence-electron chi connectivity index (χ2n) is 5.48. The standard InChI is InChI=1S/C20H14FIN2OS/c21-17-12-16(22)10-11-18(17)23-20(26)24-19(25)15-8-6-14(7-9-15)13-4-2-1-3-5-13/h1-12H,(H2,23,24,25,26). The van der Waals surface area contributed by atoms with Crippen LogP contribution >= 0.6 is 34.8 Å². The lowest BCUT2D eigenvalue weighted by Crippen LogP contribution is -2.34. The molecule has 3 aromatic carbocycles. The number of rotatable bonds is 3. The Labute approximate surface area is 169 Å². The summed E-state index contributed by atoms with van der Waals surface area (Å²) in [4.78, 5) is 12.3. The number of anilines is 1. The van der Waals surface area contributed by atoms with Crippen LogP contribution in [-0.2, 0) is 0 Å². The first-order valence-electron chi connectivity index (χ1n) is 7.76. The highest BCUT2D eigenvalue weighted by molar-refractivity contribution is 14.1. The smallest absolute Gasteiger partial charge is 0.257 e. The van der Waals surface area contributed by atoms with E-state index in [1.807, 2.05) is 65.1 Å². The minimum Gasteiger partial charge on any atom is -0.330 e. The number of halogens is 2. The minimum absolute atomic E-state index is 0.0437. The van der Waals surface area contributed by atoms with E-state index in [2.05, 4.69) is 10.6 Å². The molecular weight excluding hydrogens is 462 g/mol. The molecule has 0 spiro atoms. The van der Waals surface area contributed by atoms with Crippen molar-refractivity contribution >= 4 is 51.5 Å². The van der Waals surface area contributed by atoms with Crippen LogP contribution in [0.15, 0.2) is 72.8 Å². The van der Waals surface area contributed by atoms with Gasteiger partial charge in [0.15, 0.2) is 5.11 Å². The van der Waals surface area contributed by atoms with Crippen molar-refractivity contribution in [3.63, 3.8) is 0 Å². The number of benzene rings is 3. The normalized spacial score (nSPS) is 10.2. The molecule has 6 heteroatoms. The molecule has 0 saturated carbocycles. The Morgan fingerprint density at radius 3 is 2.23 bits per heavy atom. The third kappa shape index (κ3) is 4.64. The Morgan fingerprint density at radius 2 is 1.58 bits per heavy atom. The fourth-order valence-electron chi connectivity index (χ4n) is 2.36. The van der Waals surface area contributed by atoms with Gasteiger partial charge in [0, 0.05) is 9.13 Å². The summed E-state index contributed by atoms with van der Waals surface area (Å²) in [5.74, 6) is -0.784. The van der Waals surface area contributed by atoms with Gasteiger partial charge >= 0.3 is 0 Å². The lowest BCUT2D eigenvalue weighted by molar-refractivity contribution is 0.0977. The van der Waals surface area contributed by atoms with Crippen LogP contribution in [0, 0.1) is 9.39 Å².